The van der Waals surface area contributed by atoms with E-state index in [2.05, 4.69) is 20.8 Å². The second-order valence-electron chi connectivity index (χ2n) is 13.6. The van der Waals surface area contributed by atoms with Crippen molar-refractivity contribution in [3.05, 3.63) is 30.5 Å². The Labute approximate surface area is 263 Å². The molecule has 2 aromatic rings. The maximum absolute atomic E-state index is 14.1. The molecule has 45 heavy (non-hydrogen) atoms. The number of carbonyl (C=O) groups is 4. The molecule has 15 heteroatoms. The van der Waals surface area contributed by atoms with Gasteiger partial charge in [0.25, 0.3) is 5.91 Å². The molecule has 1 aromatic carbocycles. The lowest BCUT2D eigenvalue weighted by molar-refractivity contribution is -0.142. The molecule has 0 radical (unpaired) electrons. The number of aromatic nitrogens is 2. The Morgan fingerprint density at radius 2 is 1.69 bits per heavy atom. The number of amides is 4. The van der Waals surface area contributed by atoms with E-state index in [-0.39, 0.29) is 18.8 Å². The first-order valence-electron chi connectivity index (χ1n) is 14.9. The maximum atomic E-state index is 14.1. The molecule has 4 amide bonds. The van der Waals surface area contributed by atoms with Gasteiger partial charge in [0.2, 0.25) is 27.7 Å². The van der Waals surface area contributed by atoms with Gasteiger partial charge in [-0.25, -0.2) is 13.2 Å². The summed E-state index contributed by atoms with van der Waals surface area (Å²) in [7, 11) is -3.82. The number of fused-ring (bicyclic) bond motifs is 1. The highest BCUT2D eigenvalue weighted by atomic mass is 32.2. The standard InChI is InChI=1S/C30H42N6O8S/c1-17(24(37)35-45(41,42)20-12-13-20)32-25(38)22-14-19(43-26-21-11-9-8-10-18(21)15-31-34-26)16-36(22)27(39)23(29(2,3)4)33-28(40)44-30(5,6)7/h8-11,15,17,19-20,22-23H,12-14,16H2,1-7H3,(H,32,38)(H,33,40)(H,35,37)/t17?,19-,22+,23-/m1/s1. The highest BCUT2D eigenvalue weighted by molar-refractivity contribution is 7.90. The molecule has 3 N–H and O–H groups in total. The molecule has 14 nitrogen and oxygen atoms in total. The van der Waals surface area contributed by atoms with E-state index in [1.165, 1.54) is 11.8 Å². The Balaban J connectivity index is 1.58. The summed E-state index contributed by atoms with van der Waals surface area (Å²) in [5.74, 6) is -1.90. The minimum Gasteiger partial charge on any atom is -0.471 e. The van der Waals surface area contributed by atoms with Crippen LogP contribution in [0.5, 0.6) is 5.88 Å². The van der Waals surface area contributed by atoms with Gasteiger partial charge < -0.3 is 25.0 Å². The third kappa shape index (κ3) is 8.59. The van der Waals surface area contributed by atoms with Crippen LogP contribution >= 0.6 is 0 Å². The molecular weight excluding hydrogens is 604 g/mol. The number of nitrogens with one attached hydrogen (secondary N) is 3. The molecule has 1 aliphatic heterocycles. The zero-order valence-corrected chi connectivity index (χ0v) is 27.4. The molecule has 4 rings (SSSR count). The molecule has 0 spiro atoms. The minimum atomic E-state index is -3.82. The summed E-state index contributed by atoms with van der Waals surface area (Å²) < 4.78 is 38.2. The van der Waals surface area contributed by atoms with Crippen molar-refractivity contribution in [2.24, 2.45) is 5.41 Å². The fraction of sp³-hybridized carbons (Fsp3) is 0.600. The summed E-state index contributed by atoms with van der Waals surface area (Å²) in [6, 6.07) is 3.91. The first-order chi connectivity index (χ1) is 20.9. The van der Waals surface area contributed by atoms with Gasteiger partial charge in [-0.1, -0.05) is 39.0 Å². The Morgan fingerprint density at radius 1 is 1.02 bits per heavy atom. The van der Waals surface area contributed by atoms with Crippen LogP contribution in [0.15, 0.2) is 30.5 Å². The van der Waals surface area contributed by atoms with Gasteiger partial charge in [0.15, 0.2) is 0 Å². The molecule has 246 valence electrons. The van der Waals surface area contributed by atoms with Gasteiger partial charge in [0, 0.05) is 17.2 Å². The van der Waals surface area contributed by atoms with E-state index in [1.807, 2.05) is 29.0 Å². The second-order valence-corrected chi connectivity index (χ2v) is 15.6. The number of hydrogen-bond acceptors (Lipinski definition) is 10. The van der Waals surface area contributed by atoms with Crippen molar-refractivity contribution < 1.29 is 37.1 Å². The van der Waals surface area contributed by atoms with Crippen molar-refractivity contribution in [3.8, 4) is 5.88 Å². The summed E-state index contributed by atoms with van der Waals surface area (Å²) in [6.45, 7) is 11.7. The van der Waals surface area contributed by atoms with Gasteiger partial charge in [-0.15, -0.1) is 5.10 Å². The van der Waals surface area contributed by atoms with Gasteiger partial charge >= 0.3 is 6.09 Å². The maximum Gasteiger partial charge on any atom is 0.408 e. The Hall–Kier alpha value is -4.01. The van der Waals surface area contributed by atoms with Crippen molar-refractivity contribution in [2.75, 3.05) is 6.54 Å². The van der Waals surface area contributed by atoms with Crippen LogP contribution in [0, 0.1) is 5.41 Å². The lowest BCUT2D eigenvalue weighted by Gasteiger charge is -2.35. The minimum absolute atomic E-state index is 0.0283. The highest BCUT2D eigenvalue weighted by Gasteiger charge is 2.47. The summed E-state index contributed by atoms with van der Waals surface area (Å²) in [5, 5.41) is 14.2. The van der Waals surface area contributed by atoms with Gasteiger partial charge in [0.05, 0.1) is 18.0 Å². The van der Waals surface area contributed by atoms with Crippen molar-refractivity contribution in [1.29, 1.82) is 0 Å². The molecule has 2 heterocycles. The fourth-order valence-electron chi connectivity index (χ4n) is 4.93. The van der Waals surface area contributed by atoms with E-state index in [9.17, 15) is 27.6 Å². The van der Waals surface area contributed by atoms with E-state index in [0.29, 0.717) is 18.2 Å². The van der Waals surface area contributed by atoms with Crippen LogP contribution < -0.4 is 20.1 Å². The molecule has 1 saturated carbocycles. The molecule has 4 atom stereocenters. The molecule has 2 aliphatic rings. The number of hydrogen-bond donors (Lipinski definition) is 3. The van der Waals surface area contributed by atoms with E-state index in [1.54, 1.807) is 47.7 Å². The normalized spacial score (nSPS) is 20.2. The molecule has 1 saturated heterocycles. The number of likely N-dealkylation sites (tertiary alicyclic amines) is 1. The predicted molar refractivity (Wildman–Crippen MR) is 164 cm³/mol. The highest BCUT2D eigenvalue weighted by Crippen LogP contribution is 2.30. The second kappa shape index (κ2) is 12.8. The summed E-state index contributed by atoms with van der Waals surface area (Å²) in [6.07, 6.45) is 1.06. The average Bonchev–Trinajstić information content (AvgIpc) is 3.71. The first-order valence-corrected chi connectivity index (χ1v) is 16.4. The Morgan fingerprint density at radius 3 is 2.31 bits per heavy atom. The lowest BCUT2D eigenvalue weighted by atomic mass is 9.85. The van der Waals surface area contributed by atoms with Crippen LogP contribution in [0.25, 0.3) is 10.8 Å². The van der Waals surface area contributed by atoms with Crippen LogP contribution in [-0.2, 0) is 29.1 Å². The van der Waals surface area contributed by atoms with Gasteiger partial charge in [-0.3, -0.25) is 19.1 Å². The van der Waals surface area contributed by atoms with Crippen LogP contribution in [0.2, 0.25) is 0 Å². The van der Waals surface area contributed by atoms with Crippen LogP contribution in [0.4, 0.5) is 4.79 Å². The van der Waals surface area contributed by atoms with Crippen LogP contribution in [-0.4, -0.2) is 89.0 Å². The largest absolute Gasteiger partial charge is 0.471 e. The molecule has 1 unspecified atom stereocenters. The smallest absolute Gasteiger partial charge is 0.408 e. The molecule has 1 aromatic heterocycles. The third-order valence-electron chi connectivity index (χ3n) is 7.40. The SMILES string of the molecule is CC(NC(=O)[C@@H]1C[C@@H](Oc2nncc3ccccc23)CN1C(=O)[C@@H](NC(=O)OC(C)(C)C)C(C)(C)C)C(=O)NS(=O)(=O)C1CC1. The lowest BCUT2D eigenvalue weighted by Crippen LogP contribution is -2.59. The number of carbonyl (C=O) groups excluding carboxylic acids is 4. The summed E-state index contributed by atoms with van der Waals surface area (Å²) in [5.41, 5.74) is -1.60. The van der Waals surface area contributed by atoms with E-state index in [4.69, 9.17) is 9.47 Å². The van der Waals surface area contributed by atoms with E-state index >= 15 is 0 Å². The van der Waals surface area contributed by atoms with Crippen LogP contribution in [0.3, 0.4) is 0 Å². The fourth-order valence-corrected chi connectivity index (χ4v) is 6.31. The topological polar surface area (TPSA) is 186 Å². The van der Waals surface area contributed by atoms with E-state index in [0.717, 1.165) is 5.39 Å². The summed E-state index contributed by atoms with van der Waals surface area (Å²) in [4.78, 5) is 54.5. The van der Waals surface area contributed by atoms with Gasteiger partial charge in [-0.2, -0.15) is 5.10 Å². The van der Waals surface area contributed by atoms with Crippen molar-refractivity contribution in [3.63, 3.8) is 0 Å². The number of ether oxygens (including phenoxy) is 2. The van der Waals surface area contributed by atoms with E-state index < -0.39 is 74.3 Å². The predicted octanol–water partition coefficient (Wildman–Crippen LogP) is 2.03. The number of sulfonamides is 1. The quantitative estimate of drug-likeness (QED) is 0.364. The van der Waals surface area contributed by atoms with Crippen molar-refractivity contribution in [2.45, 2.75) is 103 Å². The van der Waals surface area contributed by atoms with Crippen LogP contribution in [0.1, 0.15) is 67.7 Å². The zero-order chi connectivity index (χ0) is 33.3. The molecule has 1 aliphatic carbocycles. The number of alkyl carbamates (subject to hydrolysis) is 1. The van der Waals surface area contributed by atoms with Gasteiger partial charge in [-0.05, 0) is 52.0 Å². The molecule has 0 bridgehead atoms. The number of nitrogens with zero attached hydrogens (tertiary/aromatic N) is 3. The Kier molecular flexibility index (Phi) is 9.61. The average molecular weight is 647 g/mol. The third-order valence-corrected chi connectivity index (χ3v) is 9.23. The molecular formula is C30H42N6O8S. The van der Waals surface area contributed by atoms with Crippen molar-refractivity contribution >= 4 is 44.6 Å². The summed E-state index contributed by atoms with van der Waals surface area (Å²) >= 11 is 0. The number of rotatable bonds is 9. The van der Waals surface area contributed by atoms with Gasteiger partial charge in [0.1, 0.15) is 29.8 Å². The zero-order valence-electron chi connectivity index (χ0n) is 26.6. The Bertz CT molecular complexity index is 1560. The molecule has 2 fully saturated rings. The first kappa shape index (κ1) is 33.9. The van der Waals surface area contributed by atoms with Crippen molar-refractivity contribution in [1.82, 2.24) is 30.5 Å². The number of benzene rings is 1. The monoisotopic (exact) mass is 646 g/mol.